The van der Waals surface area contributed by atoms with Crippen molar-refractivity contribution >= 4 is 34.2 Å². The number of likely N-dealkylation sites (N-methyl/N-ethyl adjacent to an activating group) is 1. The SMILES string of the molecule is C#CC[N+](C)(C)C(I)Cc1ccc(Cl)cc1.[Cl-]. The van der Waals surface area contributed by atoms with Gasteiger partial charge in [-0.3, -0.25) is 0 Å². The lowest BCUT2D eigenvalue weighted by Crippen LogP contribution is -3.00. The van der Waals surface area contributed by atoms with Gasteiger partial charge in [-0.25, -0.2) is 0 Å². The molecule has 0 heterocycles. The van der Waals surface area contributed by atoms with Crippen molar-refractivity contribution in [1.29, 1.82) is 0 Å². The summed E-state index contributed by atoms with van der Waals surface area (Å²) in [5, 5.41) is 0.783. The number of rotatable bonds is 4. The highest BCUT2D eigenvalue weighted by molar-refractivity contribution is 14.1. The summed E-state index contributed by atoms with van der Waals surface area (Å²) in [6, 6.07) is 8.01. The van der Waals surface area contributed by atoms with E-state index in [1.165, 1.54) is 5.56 Å². The molecule has 1 atom stereocenters. The van der Waals surface area contributed by atoms with Crippen LogP contribution in [0, 0.1) is 12.3 Å². The van der Waals surface area contributed by atoms with Crippen LogP contribution in [-0.2, 0) is 6.42 Å². The van der Waals surface area contributed by atoms with Gasteiger partial charge in [0.2, 0.25) is 0 Å². The lowest BCUT2D eigenvalue weighted by Gasteiger charge is -2.33. The molecule has 0 aliphatic rings. The van der Waals surface area contributed by atoms with E-state index in [0.717, 1.165) is 22.5 Å². The van der Waals surface area contributed by atoms with Gasteiger partial charge in [0.1, 0.15) is 10.6 Å². The van der Waals surface area contributed by atoms with Crippen molar-refractivity contribution < 1.29 is 16.9 Å². The Morgan fingerprint density at radius 2 is 1.88 bits per heavy atom. The highest BCUT2D eigenvalue weighted by Crippen LogP contribution is 2.20. The second-order valence-electron chi connectivity index (χ2n) is 4.41. The van der Waals surface area contributed by atoms with Crippen molar-refractivity contribution in [3.8, 4) is 12.3 Å². The average molecular weight is 384 g/mol. The van der Waals surface area contributed by atoms with Crippen molar-refractivity contribution in [3.05, 3.63) is 34.9 Å². The van der Waals surface area contributed by atoms with Crippen LogP contribution in [-0.4, -0.2) is 29.2 Å². The Hall–Kier alpha value is 0.0500. The van der Waals surface area contributed by atoms with Gasteiger partial charge in [-0.2, -0.15) is 0 Å². The first-order chi connectivity index (χ1) is 7.45. The number of nitrogens with zero attached hydrogens (tertiary/aromatic N) is 1. The molecule has 0 saturated heterocycles. The van der Waals surface area contributed by atoms with E-state index in [1.54, 1.807) is 0 Å². The Bertz CT molecular complexity index is 381. The topological polar surface area (TPSA) is 0 Å². The minimum absolute atomic E-state index is 0. The molecule has 0 aromatic heterocycles. The molecule has 1 aromatic rings. The van der Waals surface area contributed by atoms with E-state index in [4.69, 9.17) is 18.0 Å². The molecule has 4 heteroatoms. The summed E-state index contributed by atoms with van der Waals surface area (Å²) in [6.45, 7) is 0.751. The molecule has 0 radical (unpaired) electrons. The van der Waals surface area contributed by atoms with Gasteiger partial charge in [0.15, 0.2) is 0 Å². The lowest BCUT2D eigenvalue weighted by atomic mass is 10.1. The minimum Gasteiger partial charge on any atom is -1.00 e. The summed E-state index contributed by atoms with van der Waals surface area (Å²) < 4.78 is 1.30. The molecular weight excluding hydrogens is 368 g/mol. The number of hydrogen-bond donors (Lipinski definition) is 0. The zero-order valence-corrected chi connectivity index (χ0v) is 13.6. The largest absolute Gasteiger partial charge is 1.00 e. The molecular formula is C13H16Cl2IN. The Kier molecular flexibility index (Phi) is 7.50. The van der Waals surface area contributed by atoms with E-state index in [1.807, 2.05) is 12.1 Å². The van der Waals surface area contributed by atoms with E-state index in [2.05, 4.69) is 54.7 Å². The smallest absolute Gasteiger partial charge is 0.144 e. The van der Waals surface area contributed by atoms with Gasteiger partial charge in [0.05, 0.1) is 14.1 Å². The van der Waals surface area contributed by atoms with Crippen LogP contribution in [0.1, 0.15) is 5.56 Å². The molecule has 0 bridgehead atoms. The Morgan fingerprint density at radius 1 is 1.35 bits per heavy atom. The van der Waals surface area contributed by atoms with E-state index in [-0.39, 0.29) is 12.4 Å². The summed E-state index contributed by atoms with van der Waals surface area (Å²) >= 11 is 8.32. The monoisotopic (exact) mass is 383 g/mol. The van der Waals surface area contributed by atoms with Crippen LogP contribution in [0.25, 0.3) is 0 Å². The standard InChI is InChI=1S/C13H16ClIN.ClH/c1-4-9-16(2,3)13(15)10-11-5-7-12(14)8-6-11;/h1,5-8,13H,9-10H2,2-3H3;1H/q+1;/p-1. The predicted molar refractivity (Wildman–Crippen MR) is 78.8 cm³/mol. The van der Waals surface area contributed by atoms with Crippen LogP contribution in [0.5, 0.6) is 0 Å². The molecule has 17 heavy (non-hydrogen) atoms. The van der Waals surface area contributed by atoms with Crippen LogP contribution in [0.2, 0.25) is 5.02 Å². The molecule has 1 rings (SSSR count). The molecule has 94 valence electrons. The van der Waals surface area contributed by atoms with Gasteiger partial charge < -0.3 is 16.9 Å². The molecule has 0 aliphatic heterocycles. The summed E-state index contributed by atoms with van der Waals surface area (Å²) in [5.74, 6) is 2.73. The number of hydrogen-bond acceptors (Lipinski definition) is 0. The molecule has 0 N–H and O–H groups in total. The van der Waals surface area contributed by atoms with Gasteiger partial charge in [0, 0.05) is 11.4 Å². The van der Waals surface area contributed by atoms with Gasteiger partial charge >= 0.3 is 0 Å². The van der Waals surface area contributed by atoms with E-state index >= 15 is 0 Å². The number of alkyl halides is 1. The highest BCUT2D eigenvalue weighted by atomic mass is 127. The fourth-order valence-corrected chi connectivity index (χ4v) is 2.23. The van der Waals surface area contributed by atoms with E-state index in [9.17, 15) is 0 Å². The van der Waals surface area contributed by atoms with Gasteiger partial charge in [-0.05, 0) is 46.2 Å². The van der Waals surface area contributed by atoms with Crippen molar-refractivity contribution in [3.63, 3.8) is 0 Å². The average Bonchev–Trinajstić information content (AvgIpc) is 2.21. The lowest BCUT2D eigenvalue weighted by molar-refractivity contribution is -0.889. The summed E-state index contributed by atoms with van der Waals surface area (Å²) in [4.78, 5) is 0. The molecule has 0 aliphatic carbocycles. The quantitative estimate of drug-likeness (QED) is 0.231. The van der Waals surface area contributed by atoms with Crippen LogP contribution in [0.4, 0.5) is 0 Å². The van der Waals surface area contributed by atoms with Crippen molar-refractivity contribution in [2.45, 2.75) is 10.5 Å². The molecule has 0 amide bonds. The maximum absolute atomic E-state index is 5.86. The summed E-state index contributed by atoms with van der Waals surface area (Å²) in [7, 11) is 4.32. The zero-order chi connectivity index (χ0) is 12.2. The zero-order valence-electron chi connectivity index (χ0n) is 9.96. The van der Waals surface area contributed by atoms with Crippen molar-refractivity contribution in [2.24, 2.45) is 0 Å². The number of quaternary nitrogens is 1. The first-order valence-corrected chi connectivity index (χ1v) is 6.73. The van der Waals surface area contributed by atoms with E-state index < -0.39 is 0 Å². The number of halogens is 3. The third kappa shape index (κ3) is 5.48. The Morgan fingerprint density at radius 3 is 2.35 bits per heavy atom. The first-order valence-electron chi connectivity index (χ1n) is 5.10. The Balaban J connectivity index is 0.00000256. The van der Waals surface area contributed by atoms with Gasteiger partial charge in [-0.15, -0.1) is 6.42 Å². The minimum atomic E-state index is 0. The van der Waals surface area contributed by atoms with Crippen molar-refractivity contribution in [2.75, 3.05) is 20.6 Å². The predicted octanol–water partition coefficient (Wildman–Crippen LogP) is 0.357. The summed E-state index contributed by atoms with van der Waals surface area (Å²) in [5.41, 5.74) is 1.30. The molecule has 0 spiro atoms. The fourth-order valence-electron chi connectivity index (χ4n) is 1.40. The molecule has 1 nitrogen and oxygen atoms in total. The Labute approximate surface area is 129 Å². The van der Waals surface area contributed by atoms with E-state index in [0.29, 0.717) is 4.05 Å². The van der Waals surface area contributed by atoms with Crippen LogP contribution < -0.4 is 12.4 Å². The normalized spacial score (nSPS) is 12.4. The summed E-state index contributed by atoms with van der Waals surface area (Å²) in [6.07, 6.45) is 6.39. The molecule has 0 fully saturated rings. The van der Waals surface area contributed by atoms with Gasteiger partial charge in [-0.1, -0.05) is 23.7 Å². The third-order valence-corrected chi connectivity index (χ3v) is 4.78. The molecule has 1 unspecified atom stereocenters. The maximum atomic E-state index is 5.86. The second-order valence-corrected chi connectivity index (χ2v) is 6.28. The second kappa shape index (κ2) is 7.48. The highest BCUT2D eigenvalue weighted by Gasteiger charge is 2.24. The maximum Gasteiger partial charge on any atom is 0.144 e. The fraction of sp³-hybridized carbons (Fsp3) is 0.385. The molecule has 1 aromatic carbocycles. The van der Waals surface area contributed by atoms with Crippen LogP contribution >= 0.6 is 34.2 Å². The number of terminal acetylenes is 1. The van der Waals surface area contributed by atoms with Crippen LogP contribution in [0.3, 0.4) is 0 Å². The van der Waals surface area contributed by atoms with Crippen LogP contribution in [0.15, 0.2) is 24.3 Å². The van der Waals surface area contributed by atoms with Crippen molar-refractivity contribution in [1.82, 2.24) is 0 Å². The van der Waals surface area contributed by atoms with Gasteiger partial charge in [0.25, 0.3) is 0 Å². The first kappa shape index (κ1) is 17.1. The third-order valence-electron chi connectivity index (χ3n) is 2.57. The number of benzene rings is 1. The molecule has 0 saturated carbocycles.